The first-order valence-corrected chi connectivity index (χ1v) is 12.6. The van der Waals surface area contributed by atoms with E-state index in [0.717, 1.165) is 46.5 Å². The topological polar surface area (TPSA) is 67.2 Å². The van der Waals surface area contributed by atoms with Crippen LogP contribution >= 0.6 is 12.2 Å². The maximum absolute atomic E-state index is 12.5. The molecule has 2 aromatic rings. The highest BCUT2D eigenvalue weighted by Crippen LogP contribution is 2.43. The quantitative estimate of drug-likeness (QED) is 0.180. The smallest absolute Gasteiger partial charge is 0.406 e. The number of oxime groups is 1. The fraction of sp³-hybridized carbons (Fsp3) is 0.321. The molecule has 0 saturated heterocycles. The van der Waals surface area contributed by atoms with Crippen LogP contribution in [-0.4, -0.2) is 23.4 Å². The highest BCUT2D eigenvalue weighted by molar-refractivity contribution is 7.80. The number of nitrogens with one attached hydrogen (secondary N) is 2. The molecule has 10 heteroatoms. The summed E-state index contributed by atoms with van der Waals surface area (Å²) in [5.74, 6) is 0.00486. The van der Waals surface area contributed by atoms with Crippen LogP contribution in [-0.2, 0) is 11.3 Å². The molecule has 0 fully saturated rings. The van der Waals surface area contributed by atoms with Gasteiger partial charge in [-0.15, -0.1) is 13.2 Å². The first kappa shape index (κ1) is 27.4. The average molecular weight is 543 g/mol. The molecule has 2 aliphatic rings. The van der Waals surface area contributed by atoms with Gasteiger partial charge in [-0.1, -0.05) is 43.8 Å². The summed E-state index contributed by atoms with van der Waals surface area (Å²) < 4.78 is 41.3. The molecule has 0 saturated carbocycles. The number of thiocarbonyl (C=S) groups is 1. The number of allylic oxidation sites excluding steroid dienone is 3. The Labute approximate surface area is 225 Å². The molecule has 2 atom stereocenters. The minimum absolute atomic E-state index is 0.0174. The molecule has 1 heterocycles. The molecule has 2 aromatic carbocycles. The third kappa shape index (κ3) is 6.42. The summed E-state index contributed by atoms with van der Waals surface area (Å²) in [6.07, 6.45) is 0.146. The number of benzene rings is 2. The minimum atomic E-state index is -4.73. The van der Waals surface area contributed by atoms with E-state index in [2.05, 4.69) is 52.2 Å². The number of hydrogen-bond acceptors (Lipinski definition) is 5. The Kier molecular flexibility index (Phi) is 8.20. The number of hydrogen-bond donors (Lipinski definition) is 2. The van der Waals surface area contributed by atoms with E-state index in [9.17, 15) is 13.2 Å². The monoisotopic (exact) mass is 542 g/mol. The van der Waals surface area contributed by atoms with Crippen molar-refractivity contribution in [2.75, 3.05) is 0 Å². The molecule has 1 aliphatic heterocycles. The van der Waals surface area contributed by atoms with Crippen molar-refractivity contribution in [3.8, 4) is 5.75 Å². The van der Waals surface area contributed by atoms with E-state index in [1.54, 1.807) is 24.4 Å². The third-order valence-electron chi connectivity index (χ3n) is 6.50. The lowest BCUT2D eigenvalue weighted by Crippen LogP contribution is -2.33. The van der Waals surface area contributed by atoms with Crippen molar-refractivity contribution in [2.24, 2.45) is 22.1 Å². The van der Waals surface area contributed by atoms with E-state index in [-0.39, 0.29) is 23.7 Å². The van der Waals surface area contributed by atoms with Crippen LogP contribution in [0.4, 0.5) is 13.2 Å². The zero-order valence-electron chi connectivity index (χ0n) is 21.3. The summed E-state index contributed by atoms with van der Waals surface area (Å²) in [7, 11) is 0. The fourth-order valence-electron chi connectivity index (χ4n) is 4.69. The minimum Gasteiger partial charge on any atom is -0.406 e. The van der Waals surface area contributed by atoms with Crippen molar-refractivity contribution in [1.82, 2.24) is 10.7 Å². The lowest BCUT2D eigenvalue weighted by molar-refractivity contribution is -0.274. The molecular formula is C28H29F3N4O2S. The van der Waals surface area contributed by atoms with Gasteiger partial charge < -0.3 is 14.9 Å². The molecule has 200 valence electrons. The van der Waals surface area contributed by atoms with Crippen LogP contribution in [0.3, 0.4) is 0 Å². The molecule has 2 N–H and O–H groups in total. The molecule has 6 nitrogen and oxygen atoms in total. The van der Waals surface area contributed by atoms with Gasteiger partial charge >= 0.3 is 6.36 Å². The first-order valence-electron chi connectivity index (χ1n) is 12.2. The first-order chi connectivity index (χ1) is 18.1. The number of halogens is 3. The number of rotatable bonds is 7. The molecule has 0 aromatic heterocycles. The van der Waals surface area contributed by atoms with E-state index in [4.69, 9.17) is 17.1 Å². The lowest BCUT2D eigenvalue weighted by Gasteiger charge is -2.27. The number of ether oxygens (including phenoxy) is 1. The normalized spacial score (nSPS) is 19.2. The summed E-state index contributed by atoms with van der Waals surface area (Å²) in [5.41, 5.74) is 9.43. The van der Waals surface area contributed by atoms with Crippen LogP contribution in [0.15, 0.2) is 76.6 Å². The van der Waals surface area contributed by atoms with Gasteiger partial charge in [-0.25, -0.2) is 0 Å². The predicted molar refractivity (Wildman–Crippen MR) is 146 cm³/mol. The molecular weight excluding hydrogens is 513 g/mol. The maximum Gasteiger partial charge on any atom is 0.573 e. The molecule has 1 aliphatic carbocycles. The van der Waals surface area contributed by atoms with Gasteiger partial charge in [0.25, 0.3) is 0 Å². The van der Waals surface area contributed by atoms with Gasteiger partial charge in [0.15, 0.2) is 11.2 Å². The number of fused-ring (bicyclic) bond motifs is 3. The van der Waals surface area contributed by atoms with Crippen molar-refractivity contribution < 1.29 is 22.7 Å². The van der Waals surface area contributed by atoms with Crippen LogP contribution < -0.4 is 15.5 Å². The molecule has 0 spiro atoms. The second-order valence-electron chi connectivity index (χ2n) is 9.46. The summed E-state index contributed by atoms with van der Waals surface area (Å²) in [4.78, 5) is 5.79. The Morgan fingerprint density at radius 3 is 2.63 bits per heavy atom. The average Bonchev–Trinajstić information content (AvgIpc) is 3.30. The SMILES string of the molecule is C=C/C(C)=C(/NC(=S)N/N=C/c1ccc2c(c1)CCC1C(c3ccc(OC(F)(F)F)cc3)=NOC21)C(C)C. The van der Waals surface area contributed by atoms with Gasteiger partial charge in [0.05, 0.1) is 11.9 Å². The van der Waals surface area contributed by atoms with Crippen molar-refractivity contribution in [3.63, 3.8) is 0 Å². The van der Waals surface area contributed by atoms with Crippen LogP contribution in [0.5, 0.6) is 5.75 Å². The molecule has 2 unspecified atom stereocenters. The van der Waals surface area contributed by atoms with E-state index in [1.807, 2.05) is 19.1 Å². The highest BCUT2D eigenvalue weighted by atomic mass is 32.1. The maximum atomic E-state index is 12.5. The number of hydrazone groups is 1. The molecule has 38 heavy (non-hydrogen) atoms. The molecule has 0 radical (unpaired) electrons. The van der Waals surface area contributed by atoms with Gasteiger partial charge in [-0.3, -0.25) is 5.43 Å². The standard InChI is InChI=1S/C28H29F3N4O2S/c1-5-17(4)24(16(2)3)33-27(38)34-32-15-18-6-12-22-20(14-18)9-13-23-25(35-37-26(22)23)19-7-10-21(11-8-19)36-28(29,30)31/h5-8,10-12,14-16,23,26H,1,9,13H2,2-4H3,(H2,33,34,38)/b24-17+,32-15+. The number of alkyl halides is 3. The Bertz CT molecular complexity index is 1300. The Morgan fingerprint density at radius 2 is 1.97 bits per heavy atom. The Balaban J connectivity index is 1.39. The second kappa shape index (κ2) is 11.4. The van der Waals surface area contributed by atoms with Gasteiger partial charge in [-0.2, -0.15) is 5.10 Å². The van der Waals surface area contributed by atoms with Crippen LogP contribution in [0, 0.1) is 11.8 Å². The summed E-state index contributed by atoms with van der Waals surface area (Å²) in [6.45, 7) is 9.94. The number of aryl methyl sites for hydroxylation is 1. The predicted octanol–water partition coefficient (Wildman–Crippen LogP) is 6.54. The van der Waals surface area contributed by atoms with E-state index >= 15 is 0 Å². The van der Waals surface area contributed by atoms with Gasteiger partial charge in [0.1, 0.15) is 5.75 Å². The van der Waals surface area contributed by atoms with E-state index in [0.29, 0.717) is 10.7 Å². The van der Waals surface area contributed by atoms with Gasteiger partial charge in [0.2, 0.25) is 0 Å². The zero-order valence-corrected chi connectivity index (χ0v) is 22.1. The summed E-state index contributed by atoms with van der Waals surface area (Å²) >= 11 is 5.37. The van der Waals surface area contributed by atoms with Crippen molar-refractivity contribution in [2.45, 2.75) is 46.1 Å². The summed E-state index contributed by atoms with van der Waals surface area (Å²) in [5, 5.41) is 12.1. The van der Waals surface area contributed by atoms with Crippen LogP contribution in [0.2, 0.25) is 0 Å². The van der Waals surface area contributed by atoms with Crippen molar-refractivity contribution in [1.29, 1.82) is 0 Å². The van der Waals surface area contributed by atoms with Gasteiger partial charge in [0, 0.05) is 17.2 Å². The second-order valence-corrected chi connectivity index (χ2v) is 9.87. The van der Waals surface area contributed by atoms with Gasteiger partial charge in [-0.05, 0) is 90.5 Å². The molecule has 0 bridgehead atoms. The van der Waals surface area contributed by atoms with E-state index < -0.39 is 6.36 Å². The fourth-order valence-corrected chi connectivity index (χ4v) is 4.85. The number of nitrogens with zero attached hydrogens (tertiary/aromatic N) is 2. The lowest BCUT2D eigenvalue weighted by atomic mass is 9.77. The molecule has 0 amide bonds. The Hall–Kier alpha value is -3.66. The zero-order chi connectivity index (χ0) is 27.4. The third-order valence-corrected chi connectivity index (χ3v) is 6.69. The summed E-state index contributed by atoms with van der Waals surface area (Å²) in [6, 6.07) is 11.8. The van der Waals surface area contributed by atoms with E-state index in [1.165, 1.54) is 12.1 Å². The van der Waals surface area contributed by atoms with Crippen LogP contribution in [0.25, 0.3) is 0 Å². The molecule has 4 rings (SSSR count). The van der Waals surface area contributed by atoms with Crippen molar-refractivity contribution in [3.05, 3.63) is 88.6 Å². The van der Waals surface area contributed by atoms with Crippen LogP contribution in [0.1, 0.15) is 55.5 Å². The Morgan fingerprint density at radius 1 is 1.24 bits per heavy atom. The highest BCUT2D eigenvalue weighted by Gasteiger charge is 2.40. The van der Waals surface area contributed by atoms with Crippen molar-refractivity contribution >= 4 is 29.3 Å². The largest absolute Gasteiger partial charge is 0.573 e.